The average Bonchev–Trinajstić information content (AvgIpc) is 2.55. The van der Waals surface area contributed by atoms with Gasteiger partial charge in [0, 0.05) is 0 Å². The van der Waals surface area contributed by atoms with Gasteiger partial charge in [0.2, 0.25) is 0 Å². The second kappa shape index (κ2) is 12.2. The predicted octanol–water partition coefficient (Wildman–Crippen LogP) is 5.29. The number of hydrogen-bond acceptors (Lipinski definition) is 3. The van der Waals surface area contributed by atoms with E-state index in [1.54, 1.807) is 12.1 Å². The molecule has 0 amide bonds. The van der Waals surface area contributed by atoms with Crippen LogP contribution < -0.4 is 0 Å². The van der Waals surface area contributed by atoms with Crippen LogP contribution in [-0.2, 0) is 16.2 Å². The summed E-state index contributed by atoms with van der Waals surface area (Å²) >= 11 is 0. The molecule has 1 radical (unpaired) electrons. The van der Waals surface area contributed by atoms with Crippen LogP contribution in [-0.4, -0.2) is 12.6 Å². The fourth-order valence-corrected chi connectivity index (χ4v) is 2.22. The topological polar surface area (TPSA) is 35.5 Å². The van der Waals surface area contributed by atoms with E-state index in [0.29, 0.717) is 12.2 Å². The molecule has 0 heterocycles. The van der Waals surface area contributed by atoms with Gasteiger partial charge < -0.3 is 0 Å². The molecule has 22 heavy (non-hydrogen) atoms. The van der Waals surface area contributed by atoms with Crippen LogP contribution in [0.3, 0.4) is 0 Å². The Morgan fingerprint density at radius 3 is 2.41 bits per heavy atom. The third-order valence-electron chi connectivity index (χ3n) is 3.62. The summed E-state index contributed by atoms with van der Waals surface area (Å²) in [6, 6.07) is 7.60. The number of carbonyl (C=O) groups excluding carboxylic acids is 1. The maximum atomic E-state index is 11.8. The molecule has 0 aliphatic carbocycles. The Morgan fingerprint density at radius 2 is 1.73 bits per heavy atom. The summed E-state index contributed by atoms with van der Waals surface area (Å²) in [6.45, 7) is 6.45. The molecule has 3 nitrogen and oxygen atoms in total. The molecule has 0 N–H and O–H groups in total. The zero-order valence-electron chi connectivity index (χ0n) is 13.8. The predicted molar refractivity (Wildman–Crippen MR) is 89.5 cm³/mol. The Bertz CT molecular complexity index is 398. The highest BCUT2D eigenvalue weighted by atomic mass is 17.2. The highest BCUT2D eigenvalue weighted by Gasteiger charge is 2.08. The first-order valence-electron chi connectivity index (χ1n) is 8.50. The van der Waals surface area contributed by atoms with Gasteiger partial charge in [0.1, 0.15) is 0 Å². The van der Waals surface area contributed by atoms with Crippen molar-refractivity contribution in [3.63, 3.8) is 0 Å². The lowest BCUT2D eigenvalue weighted by molar-refractivity contribution is -0.241. The van der Waals surface area contributed by atoms with Crippen LogP contribution in [0.4, 0.5) is 0 Å². The molecular formula is C19H29O3. The molecule has 0 aliphatic heterocycles. The lowest BCUT2D eigenvalue weighted by atomic mass is 10.1. The Hall–Kier alpha value is -1.35. The van der Waals surface area contributed by atoms with Gasteiger partial charge >= 0.3 is 5.97 Å². The van der Waals surface area contributed by atoms with Crippen molar-refractivity contribution in [2.45, 2.75) is 64.7 Å². The summed E-state index contributed by atoms with van der Waals surface area (Å²) < 4.78 is 0. The molecule has 1 aromatic carbocycles. The molecule has 0 aliphatic rings. The van der Waals surface area contributed by atoms with Crippen molar-refractivity contribution < 1.29 is 14.6 Å². The number of benzene rings is 1. The second-order valence-corrected chi connectivity index (χ2v) is 5.61. The molecule has 0 saturated heterocycles. The van der Waals surface area contributed by atoms with Crippen molar-refractivity contribution in [2.75, 3.05) is 6.61 Å². The Labute approximate surface area is 134 Å². The summed E-state index contributed by atoms with van der Waals surface area (Å²) in [7, 11) is 0. The number of aryl methyl sites for hydroxylation is 1. The van der Waals surface area contributed by atoms with Crippen LogP contribution in [0.2, 0.25) is 0 Å². The van der Waals surface area contributed by atoms with Crippen LogP contribution in [0, 0.1) is 6.92 Å². The highest BCUT2D eigenvalue weighted by Crippen LogP contribution is 2.10. The maximum Gasteiger partial charge on any atom is 0.373 e. The zero-order chi connectivity index (χ0) is 16.0. The molecule has 0 unspecified atom stereocenters. The van der Waals surface area contributed by atoms with Crippen molar-refractivity contribution in [1.29, 1.82) is 0 Å². The van der Waals surface area contributed by atoms with Crippen molar-refractivity contribution in [3.8, 4) is 0 Å². The van der Waals surface area contributed by atoms with E-state index in [-0.39, 0.29) is 0 Å². The van der Waals surface area contributed by atoms with E-state index in [0.717, 1.165) is 38.5 Å². The average molecular weight is 305 g/mol. The number of hydrogen-bond donors (Lipinski definition) is 0. The molecular weight excluding hydrogens is 276 g/mol. The Kier molecular flexibility index (Phi) is 10.4. The van der Waals surface area contributed by atoms with Crippen molar-refractivity contribution in [2.24, 2.45) is 0 Å². The SMILES string of the molecule is [CH2]CCCCCCOOC(=O)c1ccc(CCCCC)cc1. The van der Waals surface area contributed by atoms with E-state index >= 15 is 0 Å². The second-order valence-electron chi connectivity index (χ2n) is 5.61. The minimum Gasteiger partial charge on any atom is -0.293 e. The normalized spacial score (nSPS) is 10.6. The Morgan fingerprint density at radius 1 is 1.00 bits per heavy atom. The van der Waals surface area contributed by atoms with Crippen molar-refractivity contribution in [3.05, 3.63) is 42.3 Å². The fraction of sp³-hybridized carbons (Fsp3) is 0.579. The van der Waals surface area contributed by atoms with Gasteiger partial charge in [-0.25, -0.2) is 4.79 Å². The smallest absolute Gasteiger partial charge is 0.293 e. The van der Waals surface area contributed by atoms with Crippen molar-refractivity contribution in [1.82, 2.24) is 0 Å². The molecule has 0 atom stereocenters. The monoisotopic (exact) mass is 305 g/mol. The van der Waals surface area contributed by atoms with E-state index in [1.807, 2.05) is 12.1 Å². The van der Waals surface area contributed by atoms with Crippen LogP contribution in [0.15, 0.2) is 24.3 Å². The van der Waals surface area contributed by atoms with Gasteiger partial charge in [0.15, 0.2) is 0 Å². The lowest BCUT2D eigenvalue weighted by Gasteiger charge is -2.05. The van der Waals surface area contributed by atoms with Gasteiger partial charge in [0.25, 0.3) is 0 Å². The minimum atomic E-state index is -0.419. The number of unbranched alkanes of at least 4 members (excludes halogenated alkanes) is 6. The van der Waals surface area contributed by atoms with E-state index in [1.165, 1.54) is 24.8 Å². The first-order valence-corrected chi connectivity index (χ1v) is 8.50. The molecule has 0 spiro atoms. The van der Waals surface area contributed by atoms with Gasteiger partial charge in [-0.3, -0.25) is 4.89 Å². The molecule has 0 saturated carbocycles. The van der Waals surface area contributed by atoms with E-state index in [4.69, 9.17) is 9.78 Å². The molecule has 3 heteroatoms. The van der Waals surface area contributed by atoms with E-state index in [9.17, 15) is 4.79 Å². The fourth-order valence-electron chi connectivity index (χ4n) is 2.22. The first-order chi connectivity index (χ1) is 10.8. The molecule has 0 bridgehead atoms. The molecule has 0 aromatic heterocycles. The molecule has 0 fully saturated rings. The summed E-state index contributed by atoms with van der Waals surface area (Å²) in [5.41, 5.74) is 1.80. The maximum absolute atomic E-state index is 11.8. The summed E-state index contributed by atoms with van der Waals surface area (Å²) in [5, 5.41) is 0. The van der Waals surface area contributed by atoms with Crippen LogP contribution in [0.1, 0.15) is 74.2 Å². The minimum absolute atomic E-state index is 0.419. The third kappa shape index (κ3) is 8.18. The van der Waals surface area contributed by atoms with Crippen LogP contribution in [0.25, 0.3) is 0 Å². The third-order valence-corrected chi connectivity index (χ3v) is 3.62. The number of carbonyl (C=O) groups is 1. The summed E-state index contributed by atoms with van der Waals surface area (Å²) in [6.07, 6.45) is 9.98. The van der Waals surface area contributed by atoms with E-state index in [2.05, 4.69) is 13.8 Å². The lowest BCUT2D eigenvalue weighted by Crippen LogP contribution is -2.07. The van der Waals surface area contributed by atoms with Gasteiger partial charge in [-0.2, -0.15) is 4.89 Å². The zero-order valence-corrected chi connectivity index (χ0v) is 13.8. The van der Waals surface area contributed by atoms with Gasteiger partial charge in [0.05, 0.1) is 12.2 Å². The Balaban J connectivity index is 2.19. The molecule has 1 aromatic rings. The molecule has 123 valence electrons. The quantitative estimate of drug-likeness (QED) is 0.299. The molecule has 1 rings (SSSR count). The summed E-state index contributed by atoms with van der Waals surface area (Å²) in [5.74, 6) is -0.419. The first kappa shape index (κ1) is 18.7. The van der Waals surface area contributed by atoms with Crippen molar-refractivity contribution >= 4 is 5.97 Å². The van der Waals surface area contributed by atoms with Crippen LogP contribution >= 0.6 is 0 Å². The largest absolute Gasteiger partial charge is 0.373 e. The van der Waals surface area contributed by atoms with Gasteiger partial charge in [-0.15, -0.1) is 0 Å². The van der Waals surface area contributed by atoms with E-state index < -0.39 is 5.97 Å². The highest BCUT2D eigenvalue weighted by molar-refractivity contribution is 5.88. The van der Waals surface area contributed by atoms with Gasteiger partial charge in [-0.05, 0) is 37.0 Å². The number of rotatable bonds is 12. The standard InChI is InChI=1S/C19H29O3/c1-3-5-7-8-10-16-21-22-19(20)18-14-12-17(13-15-18)11-9-6-4-2/h12-15H,1,3-11,16H2,2H3. The van der Waals surface area contributed by atoms with Gasteiger partial charge in [-0.1, -0.05) is 64.5 Å². The summed E-state index contributed by atoms with van der Waals surface area (Å²) in [4.78, 5) is 21.6. The van der Waals surface area contributed by atoms with Crippen LogP contribution in [0.5, 0.6) is 0 Å².